The lowest BCUT2D eigenvalue weighted by molar-refractivity contribution is 0.186. The Balaban J connectivity index is 0.00000420. The molecule has 0 saturated heterocycles. The van der Waals surface area contributed by atoms with Gasteiger partial charge in [-0.15, -0.1) is 24.0 Å². The minimum absolute atomic E-state index is 0. The normalized spacial score (nSPS) is 12.1. The van der Waals surface area contributed by atoms with Gasteiger partial charge in [0.2, 0.25) is 0 Å². The molecule has 0 amide bonds. The van der Waals surface area contributed by atoms with Gasteiger partial charge in [-0.25, -0.2) is 0 Å². The molecule has 0 aliphatic rings. The van der Waals surface area contributed by atoms with Crippen molar-refractivity contribution in [2.24, 2.45) is 4.99 Å². The third-order valence-corrected chi connectivity index (χ3v) is 3.81. The first-order chi connectivity index (χ1) is 13.6. The number of ether oxygens (including phenoxy) is 2. The first-order valence-corrected chi connectivity index (χ1v) is 9.73. The highest BCUT2D eigenvalue weighted by Crippen LogP contribution is 2.19. The van der Waals surface area contributed by atoms with Gasteiger partial charge in [-0.3, -0.25) is 4.99 Å². The summed E-state index contributed by atoms with van der Waals surface area (Å²) in [7, 11) is 0. The summed E-state index contributed by atoms with van der Waals surface area (Å²) in [4.78, 5) is 4.46. The molecule has 0 bridgehead atoms. The zero-order valence-electron chi connectivity index (χ0n) is 17.3. The second-order valence-corrected chi connectivity index (χ2v) is 6.56. The Hall–Kier alpha value is -2.00. The minimum atomic E-state index is -0.677. The molecule has 0 aliphatic carbocycles. The van der Waals surface area contributed by atoms with Gasteiger partial charge in [-0.05, 0) is 50.6 Å². The van der Waals surface area contributed by atoms with Crippen molar-refractivity contribution in [3.63, 3.8) is 0 Å². The Morgan fingerprint density at radius 3 is 2.31 bits per heavy atom. The Bertz CT molecular complexity index is 709. The van der Waals surface area contributed by atoms with Crippen LogP contribution < -0.4 is 20.1 Å². The molecule has 0 heterocycles. The third-order valence-electron chi connectivity index (χ3n) is 3.81. The summed E-state index contributed by atoms with van der Waals surface area (Å²) in [6, 6.07) is 17.2. The standard InChI is InChI=1S/C22H31N3O3.HI/c1-4-23-22(24-14-15-27-19-8-6-5-7-9-19)25-16-21(26)18-10-12-20(13-11-18)28-17(2)3;/h5-13,17,21,26H,4,14-16H2,1-3H3,(H2,23,24,25);1H. The van der Waals surface area contributed by atoms with Crippen molar-refractivity contribution in [3.05, 3.63) is 60.2 Å². The van der Waals surface area contributed by atoms with E-state index in [1.165, 1.54) is 0 Å². The first kappa shape index (κ1) is 25.0. The van der Waals surface area contributed by atoms with Crippen LogP contribution >= 0.6 is 24.0 Å². The largest absolute Gasteiger partial charge is 0.492 e. The Morgan fingerprint density at radius 2 is 1.69 bits per heavy atom. The average molecular weight is 513 g/mol. The zero-order valence-corrected chi connectivity index (χ0v) is 19.6. The topological polar surface area (TPSA) is 75.1 Å². The highest BCUT2D eigenvalue weighted by molar-refractivity contribution is 14.0. The van der Waals surface area contributed by atoms with Crippen LogP contribution in [-0.4, -0.2) is 43.4 Å². The van der Waals surface area contributed by atoms with Crippen molar-refractivity contribution in [3.8, 4) is 11.5 Å². The summed E-state index contributed by atoms with van der Waals surface area (Å²) in [6.45, 7) is 8.10. The molecule has 29 heavy (non-hydrogen) atoms. The summed E-state index contributed by atoms with van der Waals surface area (Å²) in [5.41, 5.74) is 0.808. The lowest BCUT2D eigenvalue weighted by Crippen LogP contribution is -2.39. The Morgan fingerprint density at radius 1 is 1.00 bits per heavy atom. The number of guanidine groups is 1. The maximum atomic E-state index is 10.4. The molecular weight excluding hydrogens is 481 g/mol. The number of aliphatic imine (C=N–C) groups is 1. The van der Waals surface area contributed by atoms with Gasteiger partial charge in [0.1, 0.15) is 18.1 Å². The van der Waals surface area contributed by atoms with Crippen LogP contribution in [0.5, 0.6) is 11.5 Å². The Kier molecular flexibility index (Phi) is 12.1. The minimum Gasteiger partial charge on any atom is -0.492 e. The van der Waals surface area contributed by atoms with E-state index in [4.69, 9.17) is 9.47 Å². The second kappa shape index (κ2) is 14.1. The zero-order chi connectivity index (χ0) is 20.2. The number of para-hydroxylation sites is 1. The predicted octanol–water partition coefficient (Wildman–Crippen LogP) is 3.76. The van der Waals surface area contributed by atoms with Gasteiger partial charge >= 0.3 is 0 Å². The SMILES string of the molecule is CCNC(=NCC(O)c1ccc(OC(C)C)cc1)NCCOc1ccccc1.I. The van der Waals surface area contributed by atoms with Gasteiger partial charge in [-0.1, -0.05) is 30.3 Å². The van der Waals surface area contributed by atoms with E-state index in [1.54, 1.807) is 0 Å². The number of benzene rings is 2. The lowest BCUT2D eigenvalue weighted by atomic mass is 10.1. The lowest BCUT2D eigenvalue weighted by Gasteiger charge is -2.14. The van der Waals surface area contributed by atoms with Crippen molar-refractivity contribution in [2.75, 3.05) is 26.2 Å². The van der Waals surface area contributed by atoms with Gasteiger partial charge in [0, 0.05) is 6.54 Å². The predicted molar refractivity (Wildman–Crippen MR) is 128 cm³/mol. The van der Waals surface area contributed by atoms with E-state index in [1.807, 2.05) is 75.4 Å². The van der Waals surface area contributed by atoms with Crippen molar-refractivity contribution in [2.45, 2.75) is 33.0 Å². The van der Waals surface area contributed by atoms with Crippen molar-refractivity contribution in [1.82, 2.24) is 10.6 Å². The molecule has 2 aromatic rings. The van der Waals surface area contributed by atoms with Crippen LogP contribution in [0.2, 0.25) is 0 Å². The fourth-order valence-electron chi connectivity index (χ4n) is 2.52. The van der Waals surface area contributed by atoms with E-state index in [0.717, 1.165) is 23.6 Å². The molecule has 0 spiro atoms. The van der Waals surface area contributed by atoms with Gasteiger partial charge in [0.05, 0.1) is 25.3 Å². The van der Waals surface area contributed by atoms with Gasteiger partial charge in [-0.2, -0.15) is 0 Å². The van der Waals surface area contributed by atoms with E-state index in [9.17, 15) is 5.11 Å². The monoisotopic (exact) mass is 513 g/mol. The quantitative estimate of drug-likeness (QED) is 0.195. The molecule has 0 radical (unpaired) electrons. The fraction of sp³-hybridized carbons (Fsp3) is 0.409. The van der Waals surface area contributed by atoms with Crippen LogP contribution in [0.1, 0.15) is 32.4 Å². The van der Waals surface area contributed by atoms with E-state index < -0.39 is 6.10 Å². The number of halogens is 1. The molecule has 1 unspecified atom stereocenters. The molecule has 7 heteroatoms. The maximum absolute atomic E-state index is 10.4. The van der Waals surface area contributed by atoms with Gasteiger partial charge < -0.3 is 25.2 Å². The molecule has 0 aromatic heterocycles. The first-order valence-electron chi connectivity index (χ1n) is 9.73. The number of nitrogens with one attached hydrogen (secondary N) is 2. The number of rotatable bonds is 10. The van der Waals surface area contributed by atoms with Crippen LogP contribution in [0.4, 0.5) is 0 Å². The van der Waals surface area contributed by atoms with Crippen molar-refractivity contribution < 1.29 is 14.6 Å². The number of aliphatic hydroxyl groups excluding tert-OH is 1. The number of hydrogen-bond donors (Lipinski definition) is 3. The third kappa shape index (κ3) is 9.85. The number of aliphatic hydroxyl groups is 1. The number of hydrogen-bond acceptors (Lipinski definition) is 4. The van der Waals surface area contributed by atoms with Crippen LogP contribution in [0.25, 0.3) is 0 Å². The molecule has 2 rings (SSSR count). The molecule has 0 fully saturated rings. The molecule has 6 nitrogen and oxygen atoms in total. The number of nitrogens with zero attached hydrogens (tertiary/aromatic N) is 1. The van der Waals surface area contributed by atoms with Gasteiger partial charge in [0.15, 0.2) is 5.96 Å². The summed E-state index contributed by atoms with van der Waals surface area (Å²) in [5.74, 6) is 2.28. The Labute approximate surface area is 190 Å². The van der Waals surface area contributed by atoms with E-state index >= 15 is 0 Å². The van der Waals surface area contributed by atoms with E-state index in [0.29, 0.717) is 19.1 Å². The molecule has 0 aliphatic heterocycles. The highest BCUT2D eigenvalue weighted by Gasteiger charge is 2.08. The van der Waals surface area contributed by atoms with E-state index in [2.05, 4.69) is 15.6 Å². The fourth-order valence-corrected chi connectivity index (χ4v) is 2.52. The molecule has 2 aromatic carbocycles. The molecule has 1 atom stereocenters. The van der Waals surface area contributed by atoms with Crippen LogP contribution in [-0.2, 0) is 0 Å². The maximum Gasteiger partial charge on any atom is 0.191 e. The molecular formula is C22H32IN3O3. The van der Waals surface area contributed by atoms with E-state index in [-0.39, 0.29) is 36.6 Å². The van der Waals surface area contributed by atoms with Gasteiger partial charge in [0.25, 0.3) is 0 Å². The van der Waals surface area contributed by atoms with Crippen molar-refractivity contribution >= 4 is 29.9 Å². The average Bonchev–Trinajstić information content (AvgIpc) is 2.70. The van der Waals surface area contributed by atoms with Crippen LogP contribution in [0, 0.1) is 0 Å². The molecule has 160 valence electrons. The summed E-state index contributed by atoms with van der Waals surface area (Å²) >= 11 is 0. The summed E-state index contributed by atoms with van der Waals surface area (Å²) in [6.07, 6.45) is -0.552. The summed E-state index contributed by atoms with van der Waals surface area (Å²) < 4.78 is 11.3. The second-order valence-electron chi connectivity index (χ2n) is 6.56. The van der Waals surface area contributed by atoms with Crippen LogP contribution in [0.15, 0.2) is 59.6 Å². The van der Waals surface area contributed by atoms with Crippen molar-refractivity contribution in [1.29, 1.82) is 0 Å². The van der Waals surface area contributed by atoms with Crippen LogP contribution in [0.3, 0.4) is 0 Å². The molecule has 0 saturated carbocycles. The summed E-state index contributed by atoms with van der Waals surface area (Å²) in [5, 5.41) is 16.8. The molecule has 3 N–H and O–H groups in total. The highest BCUT2D eigenvalue weighted by atomic mass is 127. The smallest absolute Gasteiger partial charge is 0.191 e.